The average Bonchev–Trinajstić information content (AvgIpc) is 2.53. The lowest BCUT2D eigenvalue weighted by molar-refractivity contribution is -0.119. The first-order chi connectivity index (χ1) is 12.2. The maximum Gasteiger partial charge on any atom is 0.162 e. The molecule has 2 aliphatic rings. The van der Waals surface area contributed by atoms with Crippen LogP contribution >= 0.6 is 11.6 Å². The highest BCUT2D eigenvalue weighted by Gasteiger charge is 2.44. The van der Waals surface area contributed by atoms with Crippen LogP contribution in [0.15, 0.2) is 46.9 Å². The van der Waals surface area contributed by atoms with E-state index in [4.69, 9.17) is 17.3 Å². The number of hydrazine groups is 1. The van der Waals surface area contributed by atoms with Crippen molar-refractivity contribution in [1.82, 2.24) is 10.0 Å². The van der Waals surface area contributed by atoms with Gasteiger partial charge in [-0.15, -0.1) is 0 Å². The fourth-order valence-electron chi connectivity index (χ4n) is 3.94. The van der Waals surface area contributed by atoms with Gasteiger partial charge in [0.05, 0.1) is 17.6 Å². The SMILES string of the molecule is CN(C)N1C(N)=C(C#N)C(c2ccc(Cl)cc2)C2=C1CC(C)(C)CC2=O. The van der Waals surface area contributed by atoms with E-state index in [-0.39, 0.29) is 11.2 Å². The number of hydrogen-bond donors (Lipinski definition) is 1. The van der Waals surface area contributed by atoms with Gasteiger partial charge in [-0.3, -0.25) is 9.80 Å². The molecule has 0 bridgehead atoms. The fraction of sp³-hybridized carbons (Fsp3) is 0.400. The number of carbonyl (C=O) groups is 1. The second-order valence-electron chi connectivity index (χ2n) is 7.86. The van der Waals surface area contributed by atoms with Crippen LogP contribution in [-0.4, -0.2) is 29.9 Å². The first-order valence-electron chi connectivity index (χ1n) is 8.55. The predicted octanol–water partition coefficient (Wildman–Crippen LogP) is 3.55. The van der Waals surface area contributed by atoms with Crippen molar-refractivity contribution in [2.24, 2.45) is 11.1 Å². The lowest BCUT2D eigenvalue weighted by atomic mass is 9.69. The van der Waals surface area contributed by atoms with Crippen molar-refractivity contribution >= 4 is 17.4 Å². The molecule has 26 heavy (non-hydrogen) atoms. The maximum absolute atomic E-state index is 13.1. The number of hydrogen-bond acceptors (Lipinski definition) is 5. The number of ketones is 1. The minimum atomic E-state index is -0.452. The van der Waals surface area contributed by atoms with Gasteiger partial charge in [0, 0.05) is 36.8 Å². The molecule has 0 saturated heterocycles. The van der Waals surface area contributed by atoms with E-state index in [0.29, 0.717) is 28.4 Å². The number of nitriles is 1. The number of carbonyl (C=O) groups excluding carboxylic acids is 1. The summed E-state index contributed by atoms with van der Waals surface area (Å²) in [5.41, 5.74) is 9.05. The van der Waals surface area contributed by atoms with Gasteiger partial charge in [0.2, 0.25) is 0 Å². The van der Waals surface area contributed by atoms with Gasteiger partial charge in [-0.1, -0.05) is 37.6 Å². The Morgan fingerprint density at radius 1 is 1.27 bits per heavy atom. The van der Waals surface area contributed by atoms with Gasteiger partial charge in [-0.2, -0.15) is 5.26 Å². The normalized spacial score (nSPS) is 22.6. The van der Waals surface area contributed by atoms with Crippen molar-refractivity contribution < 1.29 is 4.79 Å². The van der Waals surface area contributed by atoms with Crippen LogP contribution in [-0.2, 0) is 4.79 Å². The average molecular weight is 371 g/mol. The third-order valence-corrected chi connectivity index (χ3v) is 5.21. The Morgan fingerprint density at radius 3 is 2.42 bits per heavy atom. The first kappa shape index (κ1) is 18.5. The van der Waals surface area contributed by atoms with E-state index < -0.39 is 5.92 Å². The third kappa shape index (κ3) is 3.00. The summed E-state index contributed by atoms with van der Waals surface area (Å²) in [7, 11) is 3.72. The number of nitrogens with zero attached hydrogens (tertiary/aromatic N) is 3. The molecule has 1 atom stereocenters. The molecule has 1 unspecified atom stereocenters. The highest BCUT2D eigenvalue weighted by Crippen LogP contribution is 2.49. The Bertz CT molecular complexity index is 859. The van der Waals surface area contributed by atoms with E-state index in [2.05, 4.69) is 19.9 Å². The molecule has 0 fully saturated rings. The molecule has 0 spiro atoms. The topological polar surface area (TPSA) is 73.4 Å². The summed E-state index contributed by atoms with van der Waals surface area (Å²) in [6, 6.07) is 9.52. The Hall–Kier alpha value is -2.29. The van der Waals surface area contributed by atoms with Crippen LogP contribution in [0.1, 0.15) is 38.2 Å². The molecule has 0 saturated carbocycles. The molecular formula is C20H23ClN4O. The van der Waals surface area contributed by atoms with Crippen LogP contribution in [0, 0.1) is 16.7 Å². The van der Waals surface area contributed by atoms with E-state index in [0.717, 1.165) is 17.7 Å². The molecule has 1 aromatic carbocycles. The Kier molecular flexibility index (Phi) is 4.60. The van der Waals surface area contributed by atoms with Gasteiger partial charge in [0.15, 0.2) is 5.78 Å². The van der Waals surface area contributed by atoms with Gasteiger partial charge in [-0.25, -0.2) is 5.01 Å². The number of benzene rings is 1. The summed E-state index contributed by atoms with van der Waals surface area (Å²) in [6.45, 7) is 4.17. The summed E-state index contributed by atoms with van der Waals surface area (Å²) in [6.07, 6.45) is 1.17. The Labute approximate surface area is 159 Å². The van der Waals surface area contributed by atoms with Crippen molar-refractivity contribution in [3.05, 3.63) is 57.5 Å². The highest BCUT2D eigenvalue weighted by atomic mass is 35.5. The van der Waals surface area contributed by atoms with Gasteiger partial charge >= 0.3 is 0 Å². The van der Waals surface area contributed by atoms with E-state index in [1.165, 1.54) is 0 Å². The lowest BCUT2D eigenvalue weighted by Gasteiger charge is -2.45. The van der Waals surface area contributed by atoms with Crippen molar-refractivity contribution in [3.8, 4) is 6.07 Å². The number of Topliss-reactive ketones (excluding diaryl/α,β-unsaturated/α-hetero) is 1. The van der Waals surface area contributed by atoms with E-state index in [1.54, 1.807) is 17.1 Å². The third-order valence-electron chi connectivity index (χ3n) is 4.96. The molecule has 5 nitrogen and oxygen atoms in total. The van der Waals surface area contributed by atoms with Gasteiger partial charge in [0.1, 0.15) is 5.82 Å². The molecule has 1 aromatic rings. The lowest BCUT2D eigenvalue weighted by Crippen LogP contribution is -2.47. The first-order valence-corrected chi connectivity index (χ1v) is 8.93. The summed E-state index contributed by atoms with van der Waals surface area (Å²) in [4.78, 5) is 13.1. The zero-order valence-electron chi connectivity index (χ0n) is 15.5. The molecule has 0 radical (unpaired) electrons. The Morgan fingerprint density at radius 2 is 1.88 bits per heavy atom. The van der Waals surface area contributed by atoms with Crippen LogP contribution in [0.3, 0.4) is 0 Å². The summed E-state index contributed by atoms with van der Waals surface area (Å²) in [5.74, 6) is -0.00272. The van der Waals surface area contributed by atoms with Crippen molar-refractivity contribution in [2.75, 3.05) is 14.1 Å². The number of nitrogens with two attached hydrogens (primary N) is 1. The molecule has 3 rings (SSSR count). The largest absolute Gasteiger partial charge is 0.383 e. The summed E-state index contributed by atoms with van der Waals surface area (Å²) >= 11 is 6.02. The molecule has 136 valence electrons. The number of allylic oxidation sites excluding steroid dienone is 3. The van der Waals surface area contributed by atoms with E-state index in [1.807, 2.05) is 31.2 Å². The zero-order chi connectivity index (χ0) is 19.2. The Balaban J connectivity index is 2.27. The quantitative estimate of drug-likeness (QED) is 0.861. The van der Waals surface area contributed by atoms with Crippen LogP contribution in [0.5, 0.6) is 0 Å². The number of rotatable bonds is 2. The standard InChI is InChI=1S/C20H23ClN4O/c1-20(2)9-15-18(16(26)10-20)17(12-5-7-13(21)8-6-12)14(11-22)19(23)25(15)24(3)4/h5-8,17H,9-10,23H2,1-4H3. The van der Waals surface area contributed by atoms with Gasteiger partial charge < -0.3 is 5.73 Å². The van der Waals surface area contributed by atoms with Crippen molar-refractivity contribution in [1.29, 1.82) is 5.26 Å². The molecule has 6 heteroatoms. The smallest absolute Gasteiger partial charge is 0.162 e. The van der Waals surface area contributed by atoms with Crippen LogP contribution < -0.4 is 5.73 Å². The molecule has 1 aliphatic carbocycles. The second kappa shape index (κ2) is 6.46. The monoisotopic (exact) mass is 370 g/mol. The fourth-order valence-corrected chi connectivity index (χ4v) is 4.06. The highest BCUT2D eigenvalue weighted by molar-refractivity contribution is 6.30. The summed E-state index contributed by atoms with van der Waals surface area (Å²) in [5, 5.41) is 14.1. The van der Waals surface area contributed by atoms with Crippen LogP contribution in [0.4, 0.5) is 0 Å². The molecule has 2 N–H and O–H groups in total. The summed E-state index contributed by atoms with van der Waals surface area (Å²) < 4.78 is 0. The van der Waals surface area contributed by atoms with Crippen molar-refractivity contribution in [2.45, 2.75) is 32.6 Å². The van der Waals surface area contributed by atoms with E-state index in [9.17, 15) is 10.1 Å². The van der Waals surface area contributed by atoms with Crippen molar-refractivity contribution in [3.63, 3.8) is 0 Å². The van der Waals surface area contributed by atoms with Crippen LogP contribution in [0.25, 0.3) is 0 Å². The predicted molar refractivity (Wildman–Crippen MR) is 102 cm³/mol. The molecule has 1 heterocycles. The second-order valence-corrected chi connectivity index (χ2v) is 8.29. The molecule has 1 aliphatic heterocycles. The molecule has 0 aromatic heterocycles. The van der Waals surface area contributed by atoms with Crippen LogP contribution in [0.2, 0.25) is 5.02 Å². The van der Waals surface area contributed by atoms with E-state index >= 15 is 0 Å². The van der Waals surface area contributed by atoms with Gasteiger partial charge in [-0.05, 0) is 29.5 Å². The minimum absolute atomic E-state index is 0.0725. The van der Waals surface area contributed by atoms with Gasteiger partial charge in [0.25, 0.3) is 0 Å². The zero-order valence-corrected chi connectivity index (χ0v) is 16.3. The molecular weight excluding hydrogens is 348 g/mol. The number of halogens is 1. The molecule has 0 amide bonds. The maximum atomic E-state index is 13.1. The minimum Gasteiger partial charge on any atom is -0.383 e.